The lowest BCUT2D eigenvalue weighted by Gasteiger charge is -2.25. The molecule has 1 atom stereocenters. The van der Waals surface area contributed by atoms with Crippen molar-refractivity contribution in [2.45, 2.75) is 38.1 Å². The highest BCUT2D eigenvalue weighted by molar-refractivity contribution is 5.79. The minimum absolute atomic E-state index is 0.171. The molecule has 1 rings (SSSR count). The second-order valence-corrected chi connectivity index (χ2v) is 5.57. The van der Waals surface area contributed by atoms with Gasteiger partial charge in [0.2, 0.25) is 5.91 Å². The number of hydrogen-bond donors (Lipinski definition) is 1. The molecular weight excluding hydrogens is 258 g/mol. The van der Waals surface area contributed by atoms with Crippen molar-refractivity contribution in [2.75, 3.05) is 27.2 Å². The second kappa shape index (κ2) is 7.25. The molecule has 1 aliphatic carbocycles. The Bertz CT molecular complexity index is 397. The summed E-state index contributed by atoms with van der Waals surface area (Å²) in [5.74, 6) is -0.747. The average molecular weight is 281 g/mol. The molecule has 112 valence electrons. The Balaban J connectivity index is 2.42. The molecule has 0 aliphatic heterocycles. The fraction of sp³-hybridized carbons (Fsp3) is 0.786. The zero-order valence-electron chi connectivity index (χ0n) is 12.4. The van der Waals surface area contributed by atoms with Gasteiger partial charge in [0.05, 0.1) is 25.6 Å². The third kappa shape index (κ3) is 4.49. The molecule has 0 aromatic rings. The molecule has 0 saturated heterocycles. The van der Waals surface area contributed by atoms with Gasteiger partial charge in [-0.1, -0.05) is 6.92 Å². The maximum absolute atomic E-state index is 12.0. The first-order chi connectivity index (χ1) is 9.42. The summed E-state index contributed by atoms with van der Waals surface area (Å²) in [4.78, 5) is 25.1. The maximum atomic E-state index is 12.0. The van der Waals surface area contributed by atoms with Crippen LogP contribution in [0.15, 0.2) is 0 Å². The van der Waals surface area contributed by atoms with Crippen LogP contribution in [0.1, 0.15) is 32.6 Å². The predicted molar refractivity (Wildman–Crippen MR) is 73.6 cm³/mol. The van der Waals surface area contributed by atoms with Crippen molar-refractivity contribution in [1.82, 2.24) is 10.2 Å². The molecular formula is C14H23N3O3. The highest BCUT2D eigenvalue weighted by atomic mass is 16.5. The number of nitriles is 1. The molecule has 20 heavy (non-hydrogen) atoms. The van der Waals surface area contributed by atoms with E-state index in [1.165, 1.54) is 7.11 Å². The Labute approximate surface area is 120 Å². The van der Waals surface area contributed by atoms with Crippen LogP contribution in [-0.4, -0.2) is 49.6 Å². The van der Waals surface area contributed by atoms with Gasteiger partial charge in [0, 0.05) is 6.54 Å². The summed E-state index contributed by atoms with van der Waals surface area (Å²) in [6, 6.07) is 2.23. The van der Waals surface area contributed by atoms with Crippen molar-refractivity contribution in [2.24, 2.45) is 5.92 Å². The number of rotatable bonds is 6. The van der Waals surface area contributed by atoms with Crippen LogP contribution in [0.5, 0.6) is 0 Å². The van der Waals surface area contributed by atoms with Crippen LogP contribution in [-0.2, 0) is 14.3 Å². The molecule has 1 fully saturated rings. The molecule has 0 aromatic heterocycles. The third-order valence-corrected chi connectivity index (χ3v) is 3.65. The van der Waals surface area contributed by atoms with E-state index in [9.17, 15) is 14.9 Å². The van der Waals surface area contributed by atoms with Crippen LogP contribution in [0.2, 0.25) is 0 Å². The monoisotopic (exact) mass is 281 g/mol. The molecule has 0 bridgehead atoms. The molecule has 6 nitrogen and oxygen atoms in total. The summed E-state index contributed by atoms with van der Waals surface area (Å²) >= 11 is 0. The number of esters is 1. The summed E-state index contributed by atoms with van der Waals surface area (Å²) in [5.41, 5.74) is -0.689. The Kier molecular flexibility index (Phi) is 5.96. The van der Waals surface area contributed by atoms with Crippen molar-refractivity contribution in [3.8, 4) is 6.07 Å². The summed E-state index contributed by atoms with van der Waals surface area (Å²) in [6.07, 6.45) is 3.39. The molecule has 6 heteroatoms. The minimum atomic E-state index is -0.689. The molecule has 1 unspecified atom stereocenters. The van der Waals surface area contributed by atoms with Crippen LogP contribution >= 0.6 is 0 Å². The number of carbonyl (C=O) groups is 2. The quantitative estimate of drug-likeness (QED) is 0.724. The number of carbonyl (C=O) groups excluding carboxylic acids is 2. The molecule has 0 aromatic carbocycles. The summed E-state index contributed by atoms with van der Waals surface area (Å²) in [5, 5.41) is 12.0. The molecule has 0 heterocycles. The van der Waals surface area contributed by atoms with Crippen LogP contribution in [0.3, 0.4) is 0 Å². The van der Waals surface area contributed by atoms with Gasteiger partial charge in [-0.3, -0.25) is 14.5 Å². The zero-order chi connectivity index (χ0) is 15.2. The van der Waals surface area contributed by atoms with Crippen molar-refractivity contribution in [3.05, 3.63) is 0 Å². The molecule has 1 saturated carbocycles. The molecule has 0 spiro atoms. The molecule has 1 N–H and O–H groups in total. The van der Waals surface area contributed by atoms with Gasteiger partial charge in [-0.15, -0.1) is 0 Å². The molecule has 0 radical (unpaired) electrons. The normalized spacial score (nSPS) is 18.4. The SMILES string of the molecule is COC(=O)C(C)CN(C)CC(=O)NC1(C#N)CCCC1. The Hall–Kier alpha value is -1.61. The summed E-state index contributed by atoms with van der Waals surface area (Å²) in [6.45, 7) is 2.37. The first kappa shape index (κ1) is 16.4. The predicted octanol–water partition coefficient (Wildman–Crippen LogP) is 0.680. The second-order valence-electron chi connectivity index (χ2n) is 5.57. The van der Waals surface area contributed by atoms with E-state index in [-0.39, 0.29) is 24.3 Å². The summed E-state index contributed by atoms with van der Waals surface area (Å²) < 4.78 is 4.65. The third-order valence-electron chi connectivity index (χ3n) is 3.65. The van der Waals surface area contributed by atoms with E-state index < -0.39 is 5.54 Å². The van der Waals surface area contributed by atoms with E-state index in [1.807, 2.05) is 0 Å². The number of nitrogens with one attached hydrogen (secondary N) is 1. The maximum Gasteiger partial charge on any atom is 0.309 e. The van der Waals surface area contributed by atoms with Crippen molar-refractivity contribution >= 4 is 11.9 Å². The van der Waals surface area contributed by atoms with Crippen LogP contribution < -0.4 is 5.32 Å². The van der Waals surface area contributed by atoms with Gasteiger partial charge in [-0.05, 0) is 32.7 Å². The van der Waals surface area contributed by atoms with Crippen LogP contribution in [0.25, 0.3) is 0 Å². The van der Waals surface area contributed by atoms with Gasteiger partial charge < -0.3 is 10.1 Å². The number of ether oxygens (including phenoxy) is 1. The number of amides is 1. The lowest BCUT2D eigenvalue weighted by molar-refractivity contribution is -0.145. The van der Waals surface area contributed by atoms with E-state index in [0.29, 0.717) is 6.54 Å². The molecule has 1 amide bonds. The number of hydrogen-bond acceptors (Lipinski definition) is 5. The van der Waals surface area contributed by atoms with Crippen LogP contribution in [0, 0.1) is 17.2 Å². The largest absolute Gasteiger partial charge is 0.469 e. The fourth-order valence-corrected chi connectivity index (χ4v) is 2.60. The van der Waals surface area contributed by atoms with Crippen LogP contribution in [0.4, 0.5) is 0 Å². The smallest absolute Gasteiger partial charge is 0.309 e. The highest BCUT2D eigenvalue weighted by Gasteiger charge is 2.35. The first-order valence-electron chi connectivity index (χ1n) is 6.91. The Morgan fingerprint density at radius 1 is 1.45 bits per heavy atom. The van der Waals surface area contributed by atoms with E-state index in [1.54, 1.807) is 18.9 Å². The lowest BCUT2D eigenvalue weighted by atomic mass is 10.00. The van der Waals surface area contributed by atoms with E-state index >= 15 is 0 Å². The van der Waals surface area contributed by atoms with Gasteiger partial charge in [-0.2, -0.15) is 5.26 Å². The van der Waals surface area contributed by atoms with Gasteiger partial charge in [0.1, 0.15) is 5.54 Å². The van der Waals surface area contributed by atoms with E-state index in [0.717, 1.165) is 25.7 Å². The van der Waals surface area contributed by atoms with Crippen molar-refractivity contribution in [3.63, 3.8) is 0 Å². The van der Waals surface area contributed by atoms with Gasteiger partial charge >= 0.3 is 5.97 Å². The standard InChI is InChI=1S/C14H23N3O3/c1-11(13(19)20-3)8-17(2)9-12(18)16-14(10-15)6-4-5-7-14/h11H,4-9H2,1-3H3,(H,16,18). The topological polar surface area (TPSA) is 82.4 Å². The van der Waals surface area contributed by atoms with E-state index in [4.69, 9.17) is 0 Å². The molecule has 1 aliphatic rings. The van der Waals surface area contributed by atoms with E-state index in [2.05, 4.69) is 16.1 Å². The zero-order valence-corrected chi connectivity index (χ0v) is 12.4. The summed E-state index contributed by atoms with van der Waals surface area (Å²) in [7, 11) is 3.12. The van der Waals surface area contributed by atoms with Gasteiger partial charge in [0.15, 0.2) is 0 Å². The lowest BCUT2D eigenvalue weighted by Crippen LogP contribution is -2.49. The average Bonchev–Trinajstić information content (AvgIpc) is 2.86. The Morgan fingerprint density at radius 3 is 2.55 bits per heavy atom. The fourth-order valence-electron chi connectivity index (χ4n) is 2.60. The van der Waals surface area contributed by atoms with Gasteiger partial charge in [-0.25, -0.2) is 0 Å². The number of nitrogens with zero attached hydrogens (tertiary/aromatic N) is 2. The van der Waals surface area contributed by atoms with Gasteiger partial charge in [0.25, 0.3) is 0 Å². The first-order valence-corrected chi connectivity index (χ1v) is 6.91. The van der Waals surface area contributed by atoms with Crippen molar-refractivity contribution < 1.29 is 14.3 Å². The number of methoxy groups -OCH3 is 1. The minimum Gasteiger partial charge on any atom is -0.469 e. The highest BCUT2D eigenvalue weighted by Crippen LogP contribution is 2.28. The van der Waals surface area contributed by atoms with Crippen molar-refractivity contribution in [1.29, 1.82) is 5.26 Å². The number of likely N-dealkylation sites (N-methyl/N-ethyl adjacent to an activating group) is 1. The Morgan fingerprint density at radius 2 is 2.05 bits per heavy atom.